The molecule has 0 aliphatic carbocycles. The summed E-state index contributed by atoms with van der Waals surface area (Å²) in [4.78, 5) is 0. The van der Waals surface area contributed by atoms with Crippen molar-refractivity contribution < 1.29 is 17.9 Å². The Kier molecular flexibility index (Phi) is 9.79. The van der Waals surface area contributed by atoms with Gasteiger partial charge in [-0.25, -0.2) is 0 Å². The predicted molar refractivity (Wildman–Crippen MR) is 47.7 cm³/mol. The van der Waals surface area contributed by atoms with Gasteiger partial charge in [-0.2, -0.15) is 13.2 Å². The van der Waals surface area contributed by atoms with Gasteiger partial charge in [0.05, 0.1) is 0 Å². The minimum Gasteiger partial charge on any atom is -0.369 e. The first kappa shape index (κ1) is 15.2. The van der Waals surface area contributed by atoms with Crippen LogP contribution in [-0.4, -0.2) is 18.9 Å². The first-order valence-electron chi connectivity index (χ1n) is 4.70. The maximum atomic E-state index is 11.9. The van der Waals surface area contributed by atoms with Crippen molar-refractivity contribution in [2.75, 3.05) is 6.61 Å². The highest BCUT2D eigenvalue weighted by Crippen LogP contribution is 2.24. The molecule has 1 atom stereocenters. The molecule has 0 aromatic carbocycles. The second-order valence-electron chi connectivity index (χ2n) is 2.31. The van der Waals surface area contributed by atoms with Crippen molar-refractivity contribution in [3.05, 3.63) is 0 Å². The van der Waals surface area contributed by atoms with Gasteiger partial charge >= 0.3 is 6.18 Å². The first-order chi connectivity index (χ1) is 6.02. The molecule has 1 unspecified atom stereocenters. The highest BCUT2D eigenvalue weighted by molar-refractivity contribution is 4.64. The normalized spacial score (nSPS) is 13.2. The summed E-state index contributed by atoms with van der Waals surface area (Å²) in [6, 6.07) is 0. The third-order valence-electron chi connectivity index (χ3n) is 1.26. The van der Waals surface area contributed by atoms with E-state index >= 15 is 0 Å². The SMILES string of the molecule is CC.CCCOC(CC)C(F)(F)F. The van der Waals surface area contributed by atoms with Gasteiger partial charge in [0.2, 0.25) is 0 Å². The second kappa shape index (κ2) is 8.35. The molecular weight excluding hydrogens is 181 g/mol. The highest BCUT2D eigenvalue weighted by Gasteiger charge is 2.38. The summed E-state index contributed by atoms with van der Waals surface area (Å²) in [5.74, 6) is 0. The Morgan fingerprint density at radius 2 is 1.62 bits per heavy atom. The molecule has 0 aliphatic rings. The molecule has 0 spiro atoms. The maximum absolute atomic E-state index is 11.9. The molecule has 1 nitrogen and oxygen atoms in total. The fourth-order valence-corrected chi connectivity index (χ4v) is 0.704. The largest absolute Gasteiger partial charge is 0.414 e. The molecule has 0 aromatic heterocycles. The van der Waals surface area contributed by atoms with E-state index in [1.165, 1.54) is 6.92 Å². The van der Waals surface area contributed by atoms with Gasteiger partial charge in [-0.15, -0.1) is 0 Å². The number of ether oxygens (including phenoxy) is 1. The van der Waals surface area contributed by atoms with Gasteiger partial charge in [-0.3, -0.25) is 0 Å². The zero-order valence-electron chi connectivity index (χ0n) is 8.74. The van der Waals surface area contributed by atoms with Crippen LogP contribution in [0.2, 0.25) is 0 Å². The molecule has 0 rings (SSSR count). The molecule has 0 saturated heterocycles. The Balaban J connectivity index is 0. The smallest absolute Gasteiger partial charge is 0.369 e. The third kappa shape index (κ3) is 8.09. The summed E-state index contributed by atoms with van der Waals surface area (Å²) < 4.78 is 40.3. The number of hydrogen-bond acceptors (Lipinski definition) is 1. The van der Waals surface area contributed by atoms with E-state index in [-0.39, 0.29) is 13.0 Å². The predicted octanol–water partition coefficient (Wildman–Crippen LogP) is 3.78. The minimum atomic E-state index is -4.20. The van der Waals surface area contributed by atoms with Gasteiger partial charge in [-0.1, -0.05) is 27.7 Å². The lowest BCUT2D eigenvalue weighted by atomic mass is 10.3. The van der Waals surface area contributed by atoms with E-state index in [0.717, 1.165) is 0 Å². The third-order valence-corrected chi connectivity index (χ3v) is 1.26. The van der Waals surface area contributed by atoms with Crippen LogP contribution in [0.5, 0.6) is 0 Å². The lowest BCUT2D eigenvalue weighted by Crippen LogP contribution is -2.31. The Morgan fingerprint density at radius 3 is 1.85 bits per heavy atom. The summed E-state index contributed by atoms with van der Waals surface area (Å²) in [6.45, 7) is 7.43. The molecule has 82 valence electrons. The van der Waals surface area contributed by atoms with Crippen LogP contribution >= 0.6 is 0 Å². The summed E-state index contributed by atoms with van der Waals surface area (Å²) in [7, 11) is 0. The quantitative estimate of drug-likeness (QED) is 0.671. The molecule has 0 fully saturated rings. The highest BCUT2D eigenvalue weighted by atomic mass is 19.4. The topological polar surface area (TPSA) is 9.23 Å². The molecule has 0 aromatic rings. The maximum Gasteiger partial charge on any atom is 0.414 e. The Labute approximate surface area is 78.3 Å². The number of alkyl halides is 3. The van der Waals surface area contributed by atoms with E-state index in [2.05, 4.69) is 4.74 Å². The molecule has 0 N–H and O–H groups in total. The Morgan fingerprint density at radius 1 is 1.15 bits per heavy atom. The number of rotatable bonds is 4. The van der Waals surface area contributed by atoms with E-state index in [0.29, 0.717) is 6.42 Å². The zero-order valence-corrected chi connectivity index (χ0v) is 8.74. The van der Waals surface area contributed by atoms with Crippen LogP contribution in [-0.2, 0) is 4.74 Å². The van der Waals surface area contributed by atoms with Crippen molar-refractivity contribution in [3.8, 4) is 0 Å². The van der Waals surface area contributed by atoms with Crippen molar-refractivity contribution in [2.24, 2.45) is 0 Å². The van der Waals surface area contributed by atoms with Gasteiger partial charge in [0, 0.05) is 6.61 Å². The van der Waals surface area contributed by atoms with Gasteiger partial charge in [0.1, 0.15) is 0 Å². The van der Waals surface area contributed by atoms with E-state index in [1.54, 1.807) is 6.92 Å². The van der Waals surface area contributed by atoms with Gasteiger partial charge < -0.3 is 4.74 Å². The molecule has 0 heterocycles. The fourth-order valence-electron chi connectivity index (χ4n) is 0.704. The van der Waals surface area contributed by atoms with Crippen molar-refractivity contribution in [2.45, 2.75) is 52.8 Å². The summed E-state index contributed by atoms with van der Waals surface area (Å²) in [6.07, 6.45) is -5.18. The standard InChI is InChI=1S/C7H13F3O.C2H6/c1-3-5-11-6(4-2)7(8,9)10;1-2/h6H,3-5H2,1-2H3;1-2H3. The van der Waals surface area contributed by atoms with Crippen molar-refractivity contribution in [1.29, 1.82) is 0 Å². The average Bonchev–Trinajstić information content (AvgIpc) is 2.07. The number of halogens is 3. The zero-order chi connectivity index (χ0) is 10.9. The van der Waals surface area contributed by atoms with Crippen LogP contribution in [0.25, 0.3) is 0 Å². The van der Waals surface area contributed by atoms with Crippen LogP contribution in [0, 0.1) is 0 Å². The van der Waals surface area contributed by atoms with Gasteiger partial charge in [0.25, 0.3) is 0 Å². The number of hydrogen-bond donors (Lipinski definition) is 0. The summed E-state index contributed by atoms with van der Waals surface area (Å²) in [5, 5.41) is 0. The molecule has 0 bridgehead atoms. The van der Waals surface area contributed by atoms with E-state index < -0.39 is 12.3 Å². The van der Waals surface area contributed by atoms with E-state index in [4.69, 9.17) is 0 Å². The van der Waals surface area contributed by atoms with Crippen molar-refractivity contribution in [1.82, 2.24) is 0 Å². The minimum absolute atomic E-state index is 0.0104. The van der Waals surface area contributed by atoms with Crippen LogP contribution in [0.15, 0.2) is 0 Å². The first-order valence-corrected chi connectivity index (χ1v) is 4.70. The Bertz CT molecular complexity index is 102. The Hall–Kier alpha value is -0.250. The molecule has 0 amide bonds. The monoisotopic (exact) mass is 200 g/mol. The van der Waals surface area contributed by atoms with Crippen molar-refractivity contribution >= 4 is 0 Å². The molecule has 13 heavy (non-hydrogen) atoms. The lowest BCUT2D eigenvalue weighted by molar-refractivity contribution is -0.220. The van der Waals surface area contributed by atoms with Crippen LogP contribution in [0.1, 0.15) is 40.5 Å². The summed E-state index contributed by atoms with van der Waals surface area (Å²) >= 11 is 0. The molecule has 0 radical (unpaired) electrons. The molecular formula is C9H19F3O. The van der Waals surface area contributed by atoms with E-state index in [9.17, 15) is 13.2 Å². The van der Waals surface area contributed by atoms with E-state index in [1.807, 2.05) is 13.8 Å². The molecule has 0 aliphatic heterocycles. The molecule has 0 saturated carbocycles. The fraction of sp³-hybridized carbons (Fsp3) is 1.00. The van der Waals surface area contributed by atoms with Crippen LogP contribution < -0.4 is 0 Å². The van der Waals surface area contributed by atoms with Gasteiger partial charge in [0.15, 0.2) is 6.10 Å². The second-order valence-corrected chi connectivity index (χ2v) is 2.31. The van der Waals surface area contributed by atoms with Gasteiger partial charge in [-0.05, 0) is 12.8 Å². The lowest BCUT2D eigenvalue weighted by Gasteiger charge is -2.18. The summed E-state index contributed by atoms with van der Waals surface area (Å²) in [5.41, 5.74) is 0. The molecule has 4 heteroatoms. The van der Waals surface area contributed by atoms with Crippen molar-refractivity contribution in [3.63, 3.8) is 0 Å². The van der Waals surface area contributed by atoms with Crippen LogP contribution in [0.4, 0.5) is 13.2 Å². The average molecular weight is 200 g/mol. The van der Waals surface area contributed by atoms with Crippen LogP contribution in [0.3, 0.4) is 0 Å².